The van der Waals surface area contributed by atoms with Gasteiger partial charge in [0.1, 0.15) is 11.6 Å². The van der Waals surface area contributed by atoms with Gasteiger partial charge in [-0.25, -0.2) is 4.39 Å². The van der Waals surface area contributed by atoms with Crippen LogP contribution in [-0.2, 0) is 4.79 Å². The minimum atomic E-state index is -0.672. The fourth-order valence-electron chi connectivity index (χ4n) is 2.65. The monoisotopic (exact) mass is 407 g/mol. The molecule has 0 saturated carbocycles. The van der Waals surface area contributed by atoms with Crippen molar-refractivity contribution >= 4 is 29.1 Å². The van der Waals surface area contributed by atoms with Crippen molar-refractivity contribution in [3.63, 3.8) is 0 Å². The van der Waals surface area contributed by atoms with E-state index in [1.807, 2.05) is 0 Å². The lowest BCUT2D eigenvalue weighted by Crippen LogP contribution is -2.23. The van der Waals surface area contributed by atoms with E-state index < -0.39 is 30.1 Å². The Hall–Kier alpha value is -4.20. The molecule has 0 saturated heterocycles. The van der Waals surface area contributed by atoms with Gasteiger partial charge in [0.15, 0.2) is 6.61 Å². The van der Waals surface area contributed by atoms with E-state index in [9.17, 15) is 18.8 Å². The van der Waals surface area contributed by atoms with Crippen LogP contribution in [0, 0.1) is 5.82 Å². The first-order valence-electron chi connectivity index (χ1n) is 8.91. The topological polar surface area (TPSA) is 111 Å². The molecule has 0 bridgehead atoms. The molecule has 0 unspecified atom stereocenters. The fourth-order valence-corrected chi connectivity index (χ4v) is 2.65. The van der Waals surface area contributed by atoms with Gasteiger partial charge in [0.05, 0.1) is 16.8 Å². The van der Waals surface area contributed by atoms with E-state index in [1.54, 1.807) is 30.3 Å². The normalized spacial score (nSPS) is 10.2. The van der Waals surface area contributed by atoms with Gasteiger partial charge in [0.25, 0.3) is 17.7 Å². The van der Waals surface area contributed by atoms with Crippen molar-refractivity contribution in [3.05, 3.63) is 89.7 Å². The molecule has 3 rings (SSSR count). The summed E-state index contributed by atoms with van der Waals surface area (Å²) >= 11 is 0. The van der Waals surface area contributed by atoms with E-state index in [0.29, 0.717) is 5.69 Å². The van der Waals surface area contributed by atoms with Gasteiger partial charge in [-0.05, 0) is 48.5 Å². The summed E-state index contributed by atoms with van der Waals surface area (Å²) < 4.78 is 18.4. The molecule has 30 heavy (non-hydrogen) atoms. The standard InChI is InChI=1S/C22H18FN3O4/c23-14-9-11-15(12-10-14)25-22(29)16-5-1-3-7-18(16)26-20(27)13-30-19-8-4-2-6-17(19)21(24)28/h1-12H,13H2,(H2,24,28)(H,25,29)(H,26,27). The zero-order valence-electron chi connectivity index (χ0n) is 15.7. The second-order valence-corrected chi connectivity index (χ2v) is 6.20. The Morgan fingerprint density at radius 3 is 2.17 bits per heavy atom. The molecule has 0 aliphatic carbocycles. The summed E-state index contributed by atoms with van der Waals surface area (Å²) in [4.78, 5) is 36.3. The van der Waals surface area contributed by atoms with E-state index in [0.717, 1.165) is 0 Å². The maximum atomic E-state index is 13.0. The maximum absolute atomic E-state index is 13.0. The van der Waals surface area contributed by atoms with Crippen LogP contribution in [0.4, 0.5) is 15.8 Å². The number of carbonyl (C=O) groups excluding carboxylic acids is 3. The molecule has 0 spiro atoms. The van der Waals surface area contributed by atoms with Gasteiger partial charge in [-0.3, -0.25) is 14.4 Å². The van der Waals surface area contributed by atoms with Crippen LogP contribution in [0.3, 0.4) is 0 Å². The number of nitrogens with one attached hydrogen (secondary N) is 2. The number of rotatable bonds is 7. The van der Waals surface area contributed by atoms with Gasteiger partial charge in [-0.2, -0.15) is 0 Å². The van der Waals surface area contributed by atoms with Crippen LogP contribution < -0.4 is 21.1 Å². The van der Waals surface area contributed by atoms with Crippen molar-refractivity contribution < 1.29 is 23.5 Å². The molecule has 4 N–H and O–H groups in total. The lowest BCUT2D eigenvalue weighted by molar-refractivity contribution is -0.118. The van der Waals surface area contributed by atoms with Crippen molar-refractivity contribution in [2.75, 3.05) is 17.2 Å². The smallest absolute Gasteiger partial charge is 0.262 e. The fraction of sp³-hybridized carbons (Fsp3) is 0.0455. The van der Waals surface area contributed by atoms with E-state index in [1.165, 1.54) is 42.5 Å². The molecular weight excluding hydrogens is 389 g/mol. The minimum Gasteiger partial charge on any atom is -0.483 e. The Bertz CT molecular complexity index is 1080. The van der Waals surface area contributed by atoms with E-state index in [-0.39, 0.29) is 22.6 Å². The number of amides is 3. The quantitative estimate of drug-likeness (QED) is 0.559. The average molecular weight is 407 g/mol. The summed E-state index contributed by atoms with van der Waals surface area (Å²) in [7, 11) is 0. The van der Waals surface area contributed by atoms with Crippen molar-refractivity contribution in [1.82, 2.24) is 0 Å². The Balaban J connectivity index is 1.67. The Morgan fingerprint density at radius 1 is 0.833 bits per heavy atom. The number of carbonyl (C=O) groups is 3. The number of hydrogen-bond donors (Lipinski definition) is 3. The van der Waals surface area contributed by atoms with Crippen molar-refractivity contribution in [3.8, 4) is 5.75 Å². The molecule has 7 nitrogen and oxygen atoms in total. The number of halogens is 1. The highest BCUT2D eigenvalue weighted by atomic mass is 19.1. The molecule has 0 heterocycles. The van der Waals surface area contributed by atoms with Gasteiger partial charge in [-0.1, -0.05) is 24.3 Å². The molecule has 0 atom stereocenters. The van der Waals surface area contributed by atoms with E-state index in [2.05, 4.69) is 10.6 Å². The van der Waals surface area contributed by atoms with Crippen LogP contribution in [0.2, 0.25) is 0 Å². The Labute approximate surface area is 171 Å². The minimum absolute atomic E-state index is 0.157. The number of para-hydroxylation sites is 2. The van der Waals surface area contributed by atoms with Crippen molar-refractivity contribution in [2.45, 2.75) is 0 Å². The molecule has 0 radical (unpaired) electrons. The average Bonchev–Trinajstić information content (AvgIpc) is 2.74. The van der Waals surface area contributed by atoms with Crippen LogP contribution >= 0.6 is 0 Å². The molecular formula is C22H18FN3O4. The Morgan fingerprint density at radius 2 is 1.47 bits per heavy atom. The summed E-state index contributed by atoms with van der Waals surface area (Å²) in [5.74, 6) is -1.91. The summed E-state index contributed by atoms with van der Waals surface area (Å²) in [5, 5.41) is 5.24. The van der Waals surface area contributed by atoms with E-state index >= 15 is 0 Å². The molecule has 3 aromatic carbocycles. The molecule has 0 aliphatic heterocycles. The van der Waals surface area contributed by atoms with Crippen LogP contribution in [0.15, 0.2) is 72.8 Å². The SMILES string of the molecule is NC(=O)c1ccccc1OCC(=O)Nc1ccccc1C(=O)Nc1ccc(F)cc1. The first-order chi connectivity index (χ1) is 14.4. The highest BCUT2D eigenvalue weighted by Gasteiger charge is 2.15. The largest absolute Gasteiger partial charge is 0.483 e. The third kappa shape index (κ3) is 5.20. The highest BCUT2D eigenvalue weighted by Crippen LogP contribution is 2.19. The second kappa shape index (κ2) is 9.33. The van der Waals surface area contributed by atoms with Crippen LogP contribution in [-0.4, -0.2) is 24.3 Å². The second-order valence-electron chi connectivity index (χ2n) is 6.20. The van der Waals surface area contributed by atoms with E-state index in [4.69, 9.17) is 10.5 Å². The van der Waals surface area contributed by atoms with Gasteiger partial charge in [0.2, 0.25) is 0 Å². The number of benzene rings is 3. The lowest BCUT2D eigenvalue weighted by Gasteiger charge is -2.13. The summed E-state index contributed by atoms with van der Waals surface area (Å²) in [5.41, 5.74) is 6.34. The molecule has 0 aromatic heterocycles. The molecule has 3 aromatic rings. The number of ether oxygens (including phenoxy) is 1. The van der Waals surface area contributed by atoms with Gasteiger partial charge in [0, 0.05) is 5.69 Å². The lowest BCUT2D eigenvalue weighted by atomic mass is 10.1. The van der Waals surface area contributed by atoms with Crippen molar-refractivity contribution in [2.24, 2.45) is 5.73 Å². The zero-order valence-corrected chi connectivity index (χ0v) is 15.7. The number of anilines is 2. The molecule has 8 heteroatoms. The van der Waals surface area contributed by atoms with Gasteiger partial charge < -0.3 is 21.1 Å². The third-order valence-corrected chi connectivity index (χ3v) is 4.06. The van der Waals surface area contributed by atoms with Crippen LogP contribution in [0.5, 0.6) is 5.75 Å². The predicted molar refractivity (Wildman–Crippen MR) is 110 cm³/mol. The summed E-state index contributed by atoms with van der Waals surface area (Å²) in [6, 6.07) is 18.0. The van der Waals surface area contributed by atoms with Gasteiger partial charge in [-0.15, -0.1) is 0 Å². The Kier molecular flexibility index (Phi) is 6.39. The number of hydrogen-bond acceptors (Lipinski definition) is 4. The number of nitrogens with two attached hydrogens (primary N) is 1. The first kappa shape index (κ1) is 20.5. The van der Waals surface area contributed by atoms with Crippen LogP contribution in [0.25, 0.3) is 0 Å². The first-order valence-corrected chi connectivity index (χ1v) is 8.91. The molecule has 0 aliphatic rings. The zero-order chi connectivity index (χ0) is 21.5. The number of primary amides is 1. The summed E-state index contributed by atoms with van der Waals surface area (Å²) in [6.45, 7) is -0.391. The maximum Gasteiger partial charge on any atom is 0.262 e. The predicted octanol–water partition coefficient (Wildman–Crippen LogP) is 3.19. The molecule has 0 fully saturated rings. The van der Waals surface area contributed by atoms with Gasteiger partial charge >= 0.3 is 0 Å². The summed E-state index contributed by atoms with van der Waals surface area (Å²) in [6.07, 6.45) is 0. The molecule has 3 amide bonds. The highest BCUT2D eigenvalue weighted by molar-refractivity contribution is 6.10. The van der Waals surface area contributed by atoms with Crippen LogP contribution in [0.1, 0.15) is 20.7 Å². The van der Waals surface area contributed by atoms with Crippen molar-refractivity contribution in [1.29, 1.82) is 0 Å². The third-order valence-electron chi connectivity index (χ3n) is 4.06. The molecule has 152 valence electrons.